The van der Waals surface area contributed by atoms with Crippen LogP contribution in [0.25, 0.3) is 11.3 Å². The van der Waals surface area contributed by atoms with Gasteiger partial charge in [0.2, 0.25) is 0 Å². The lowest BCUT2D eigenvalue weighted by Gasteiger charge is -2.00. The average Bonchev–Trinajstić information content (AvgIpc) is 3.10. The molecule has 1 heterocycles. The summed E-state index contributed by atoms with van der Waals surface area (Å²) in [6.45, 7) is 0. The van der Waals surface area contributed by atoms with Gasteiger partial charge in [-0.15, -0.1) is 0 Å². The zero-order chi connectivity index (χ0) is 19.4. The summed E-state index contributed by atoms with van der Waals surface area (Å²) >= 11 is 6.51. The molecule has 3 aromatic rings. The normalized spacial score (nSPS) is 10.9. The van der Waals surface area contributed by atoms with Crippen molar-refractivity contribution in [3.8, 4) is 11.3 Å². The van der Waals surface area contributed by atoms with Crippen LogP contribution < -0.4 is 5.43 Å². The standard InChI is InChI=1S/C18H11Br2N3O4/c19-12-3-1-11(2-4-12)18(24)22-21-10-14-6-8-17(27-14)15-7-5-13(20)9-16(15)23(25)26/h1-10H,(H,22,24)/b21-10+. The maximum absolute atomic E-state index is 12.0. The van der Waals surface area contributed by atoms with Gasteiger partial charge in [0.05, 0.1) is 16.7 Å². The molecule has 0 aliphatic carbocycles. The van der Waals surface area contributed by atoms with Gasteiger partial charge in [-0.3, -0.25) is 14.9 Å². The molecule has 0 aliphatic rings. The van der Waals surface area contributed by atoms with E-state index in [4.69, 9.17) is 4.42 Å². The van der Waals surface area contributed by atoms with Crippen LogP contribution in [0.2, 0.25) is 0 Å². The Kier molecular flexibility index (Phi) is 5.82. The highest BCUT2D eigenvalue weighted by Gasteiger charge is 2.18. The van der Waals surface area contributed by atoms with Gasteiger partial charge >= 0.3 is 0 Å². The minimum absolute atomic E-state index is 0.0780. The first-order valence-electron chi connectivity index (χ1n) is 7.57. The molecular weight excluding hydrogens is 482 g/mol. The molecule has 0 fully saturated rings. The zero-order valence-electron chi connectivity index (χ0n) is 13.6. The van der Waals surface area contributed by atoms with Crippen LogP contribution >= 0.6 is 31.9 Å². The molecule has 1 amide bonds. The fourth-order valence-corrected chi connectivity index (χ4v) is 2.86. The Morgan fingerprint density at radius 1 is 1.07 bits per heavy atom. The van der Waals surface area contributed by atoms with E-state index < -0.39 is 4.92 Å². The number of amides is 1. The van der Waals surface area contributed by atoms with Gasteiger partial charge in [0.15, 0.2) is 0 Å². The number of halogens is 2. The van der Waals surface area contributed by atoms with Crippen LogP contribution in [0.5, 0.6) is 0 Å². The molecule has 9 heteroatoms. The first kappa shape index (κ1) is 19.0. The number of carbonyl (C=O) groups is 1. The molecule has 0 unspecified atom stereocenters. The Morgan fingerprint density at radius 3 is 2.48 bits per heavy atom. The van der Waals surface area contributed by atoms with Crippen molar-refractivity contribution in [1.29, 1.82) is 0 Å². The molecule has 0 atom stereocenters. The van der Waals surface area contributed by atoms with Crippen LogP contribution in [0.1, 0.15) is 16.1 Å². The van der Waals surface area contributed by atoms with Gasteiger partial charge in [-0.1, -0.05) is 31.9 Å². The highest BCUT2D eigenvalue weighted by Crippen LogP contribution is 2.33. The van der Waals surface area contributed by atoms with Gasteiger partial charge in [0, 0.05) is 20.6 Å². The molecule has 1 aromatic heterocycles. The number of carbonyl (C=O) groups excluding carboxylic acids is 1. The van der Waals surface area contributed by atoms with Crippen molar-refractivity contribution in [3.63, 3.8) is 0 Å². The lowest BCUT2D eigenvalue weighted by Crippen LogP contribution is -2.17. The SMILES string of the molecule is O=C(N/N=C/c1ccc(-c2ccc(Br)cc2[N+](=O)[O-])o1)c1ccc(Br)cc1. The van der Waals surface area contributed by atoms with E-state index in [2.05, 4.69) is 42.4 Å². The van der Waals surface area contributed by atoms with Crippen LogP contribution in [-0.4, -0.2) is 17.0 Å². The molecule has 0 saturated carbocycles. The maximum atomic E-state index is 12.0. The van der Waals surface area contributed by atoms with Gasteiger partial charge in [-0.25, -0.2) is 5.43 Å². The second kappa shape index (κ2) is 8.28. The molecular formula is C18H11Br2N3O4. The number of rotatable bonds is 5. The van der Waals surface area contributed by atoms with E-state index in [1.807, 2.05) is 0 Å². The van der Waals surface area contributed by atoms with Gasteiger partial charge in [0.1, 0.15) is 11.5 Å². The van der Waals surface area contributed by atoms with Gasteiger partial charge < -0.3 is 4.42 Å². The third-order valence-electron chi connectivity index (χ3n) is 3.51. The quantitative estimate of drug-likeness (QED) is 0.302. The maximum Gasteiger partial charge on any atom is 0.281 e. The van der Waals surface area contributed by atoms with Crippen molar-refractivity contribution in [2.24, 2.45) is 5.10 Å². The number of hydrogen-bond donors (Lipinski definition) is 1. The molecule has 136 valence electrons. The summed E-state index contributed by atoms with van der Waals surface area (Å²) in [6.07, 6.45) is 1.32. The summed E-state index contributed by atoms with van der Waals surface area (Å²) in [6, 6.07) is 14.7. The van der Waals surface area contributed by atoms with E-state index in [0.717, 1.165) is 4.47 Å². The molecule has 1 N–H and O–H groups in total. The Labute approximate surface area is 170 Å². The van der Waals surface area contributed by atoms with Crippen molar-refractivity contribution in [2.75, 3.05) is 0 Å². The smallest absolute Gasteiger partial charge is 0.281 e. The van der Waals surface area contributed by atoms with Gasteiger partial charge in [-0.2, -0.15) is 5.10 Å². The number of nitro groups is 1. The number of benzene rings is 2. The topological polar surface area (TPSA) is 97.7 Å². The number of furan rings is 1. The molecule has 0 aliphatic heterocycles. The third kappa shape index (κ3) is 4.69. The highest BCUT2D eigenvalue weighted by atomic mass is 79.9. The first-order valence-corrected chi connectivity index (χ1v) is 9.16. The van der Waals surface area contributed by atoms with Crippen LogP contribution in [0, 0.1) is 10.1 Å². The van der Waals surface area contributed by atoms with Gasteiger partial charge in [-0.05, 0) is 48.5 Å². The van der Waals surface area contributed by atoms with E-state index in [1.165, 1.54) is 12.3 Å². The number of hydrogen-bond acceptors (Lipinski definition) is 5. The third-order valence-corrected chi connectivity index (χ3v) is 4.53. The average molecular weight is 493 g/mol. The first-order chi connectivity index (χ1) is 12.9. The van der Waals surface area contributed by atoms with Crippen LogP contribution in [0.15, 0.2) is 73.1 Å². The molecule has 0 spiro atoms. The minimum Gasteiger partial charge on any atom is -0.455 e. The predicted octanol–water partition coefficient (Wildman–Crippen LogP) is 5.14. The molecule has 3 rings (SSSR count). The molecule has 0 radical (unpaired) electrons. The van der Waals surface area contributed by atoms with Crippen LogP contribution in [-0.2, 0) is 0 Å². The van der Waals surface area contributed by atoms with E-state index in [0.29, 0.717) is 27.1 Å². The Morgan fingerprint density at radius 2 is 1.78 bits per heavy atom. The largest absolute Gasteiger partial charge is 0.455 e. The second-order valence-electron chi connectivity index (χ2n) is 5.33. The number of nitro benzene ring substituents is 1. The van der Waals surface area contributed by atoms with E-state index >= 15 is 0 Å². The second-order valence-corrected chi connectivity index (χ2v) is 7.16. The van der Waals surface area contributed by atoms with Crippen molar-refractivity contribution >= 4 is 49.7 Å². The van der Waals surface area contributed by atoms with Crippen molar-refractivity contribution < 1.29 is 14.1 Å². The number of hydrazone groups is 1. The summed E-state index contributed by atoms with van der Waals surface area (Å²) in [5.74, 6) is 0.308. The fraction of sp³-hybridized carbons (Fsp3) is 0. The summed E-state index contributed by atoms with van der Waals surface area (Å²) in [7, 11) is 0. The summed E-state index contributed by atoms with van der Waals surface area (Å²) in [5, 5.41) is 15.1. The van der Waals surface area contributed by atoms with Crippen LogP contribution in [0.4, 0.5) is 5.69 Å². The molecule has 2 aromatic carbocycles. The van der Waals surface area contributed by atoms with Crippen molar-refractivity contribution in [3.05, 3.63) is 85.0 Å². The summed E-state index contributed by atoms with van der Waals surface area (Å²) in [5.41, 5.74) is 3.12. The molecule has 0 bridgehead atoms. The summed E-state index contributed by atoms with van der Waals surface area (Å²) < 4.78 is 7.04. The predicted molar refractivity (Wildman–Crippen MR) is 108 cm³/mol. The van der Waals surface area contributed by atoms with E-state index in [-0.39, 0.29) is 11.6 Å². The molecule has 0 saturated heterocycles. The number of nitrogens with one attached hydrogen (secondary N) is 1. The Hall–Kier alpha value is -2.78. The number of nitrogens with zero attached hydrogens (tertiary/aromatic N) is 2. The lowest BCUT2D eigenvalue weighted by atomic mass is 10.1. The summed E-state index contributed by atoms with van der Waals surface area (Å²) in [4.78, 5) is 22.7. The lowest BCUT2D eigenvalue weighted by molar-refractivity contribution is -0.384. The van der Waals surface area contributed by atoms with Crippen LogP contribution in [0.3, 0.4) is 0 Å². The monoisotopic (exact) mass is 491 g/mol. The zero-order valence-corrected chi connectivity index (χ0v) is 16.7. The minimum atomic E-state index is -0.477. The van der Waals surface area contributed by atoms with E-state index in [1.54, 1.807) is 48.5 Å². The molecule has 27 heavy (non-hydrogen) atoms. The van der Waals surface area contributed by atoms with Crippen molar-refractivity contribution in [2.45, 2.75) is 0 Å². The highest BCUT2D eigenvalue weighted by molar-refractivity contribution is 9.10. The van der Waals surface area contributed by atoms with Crippen molar-refractivity contribution in [1.82, 2.24) is 5.43 Å². The van der Waals surface area contributed by atoms with E-state index in [9.17, 15) is 14.9 Å². The Balaban J connectivity index is 1.73. The molecule has 7 nitrogen and oxygen atoms in total. The Bertz CT molecular complexity index is 1030. The van der Waals surface area contributed by atoms with Gasteiger partial charge in [0.25, 0.3) is 11.6 Å². The fourth-order valence-electron chi connectivity index (χ4n) is 2.25.